The van der Waals surface area contributed by atoms with Crippen LogP contribution in [0.5, 0.6) is 17.2 Å². The molecule has 0 aliphatic carbocycles. The van der Waals surface area contributed by atoms with E-state index < -0.39 is 0 Å². The summed E-state index contributed by atoms with van der Waals surface area (Å²) in [5.74, 6) is 2.07. The average Bonchev–Trinajstić information content (AvgIpc) is 2.81. The van der Waals surface area contributed by atoms with E-state index in [0.29, 0.717) is 18.1 Å². The fourth-order valence-corrected chi connectivity index (χ4v) is 1.67. The van der Waals surface area contributed by atoms with E-state index >= 15 is 0 Å². The Balaban J connectivity index is 1.92. The normalized spacial score (nSPS) is 14.3. The van der Waals surface area contributed by atoms with E-state index in [1.54, 1.807) is 18.2 Å². The molecule has 96 valence electrons. The Morgan fingerprint density at radius 3 is 2.89 bits per heavy atom. The molecule has 0 bridgehead atoms. The lowest BCUT2D eigenvalue weighted by Crippen LogP contribution is -2.37. The van der Waals surface area contributed by atoms with E-state index in [0.717, 1.165) is 5.75 Å². The van der Waals surface area contributed by atoms with Crippen LogP contribution in [-0.4, -0.2) is 25.5 Å². The van der Waals surface area contributed by atoms with Gasteiger partial charge in [-0.3, -0.25) is 5.32 Å². The van der Waals surface area contributed by atoms with Gasteiger partial charge in [-0.05, 0) is 26.0 Å². The SMILES string of the molecule is CC(C)NC(C#N)COc1ccc2c(c1)OCO2. The minimum absolute atomic E-state index is 0.245. The van der Waals surface area contributed by atoms with E-state index in [1.165, 1.54) is 0 Å². The molecular weight excluding hydrogens is 232 g/mol. The molecule has 0 saturated carbocycles. The molecule has 1 aromatic rings. The second kappa shape index (κ2) is 5.61. The summed E-state index contributed by atoms with van der Waals surface area (Å²) in [6, 6.07) is 7.46. The molecule has 1 heterocycles. The predicted octanol–water partition coefficient (Wildman–Crippen LogP) is 1.68. The third-order valence-electron chi connectivity index (χ3n) is 2.45. The van der Waals surface area contributed by atoms with Crippen LogP contribution in [0.4, 0.5) is 0 Å². The summed E-state index contributed by atoms with van der Waals surface area (Å²) >= 11 is 0. The number of nitriles is 1. The smallest absolute Gasteiger partial charge is 0.231 e. The van der Waals surface area contributed by atoms with Gasteiger partial charge in [0.2, 0.25) is 6.79 Å². The standard InChI is InChI=1S/C13H16N2O3/c1-9(2)15-10(6-14)7-16-11-3-4-12-13(5-11)18-8-17-12/h3-5,9-10,15H,7-8H2,1-2H3. The highest BCUT2D eigenvalue weighted by Crippen LogP contribution is 2.35. The van der Waals surface area contributed by atoms with Crippen molar-refractivity contribution in [2.75, 3.05) is 13.4 Å². The van der Waals surface area contributed by atoms with Crippen molar-refractivity contribution in [2.45, 2.75) is 25.9 Å². The van der Waals surface area contributed by atoms with Crippen LogP contribution in [0.15, 0.2) is 18.2 Å². The van der Waals surface area contributed by atoms with E-state index in [4.69, 9.17) is 19.5 Å². The first-order valence-electron chi connectivity index (χ1n) is 5.87. The first kappa shape index (κ1) is 12.5. The van der Waals surface area contributed by atoms with Crippen molar-refractivity contribution in [2.24, 2.45) is 0 Å². The predicted molar refractivity (Wildman–Crippen MR) is 65.7 cm³/mol. The van der Waals surface area contributed by atoms with E-state index in [9.17, 15) is 0 Å². The molecular formula is C13H16N2O3. The van der Waals surface area contributed by atoms with Crippen LogP contribution in [0.25, 0.3) is 0 Å². The van der Waals surface area contributed by atoms with Crippen LogP contribution < -0.4 is 19.5 Å². The number of nitrogens with zero attached hydrogens (tertiary/aromatic N) is 1. The molecule has 1 aromatic carbocycles. The summed E-state index contributed by atoms with van der Waals surface area (Å²) < 4.78 is 16.0. The lowest BCUT2D eigenvalue weighted by Gasteiger charge is -2.15. The van der Waals surface area contributed by atoms with Gasteiger partial charge in [-0.15, -0.1) is 0 Å². The van der Waals surface area contributed by atoms with Gasteiger partial charge in [-0.1, -0.05) is 0 Å². The number of ether oxygens (including phenoxy) is 3. The molecule has 1 N–H and O–H groups in total. The zero-order valence-electron chi connectivity index (χ0n) is 10.5. The maximum Gasteiger partial charge on any atom is 0.231 e. The maximum atomic E-state index is 8.97. The van der Waals surface area contributed by atoms with Gasteiger partial charge in [0.15, 0.2) is 11.5 Å². The number of nitrogens with one attached hydrogen (secondary N) is 1. The van der Waals surface area contributed by atoms with Crippen molar-refractivity contribution in [1.29, 1.82) is 5.26 Å². The molecule has 18 heavy (non-hydrogen) atoms. The molecule has 1 atom stereocenters. The van der Waals surface area contributed by atoms with Gasteiger partial charge in [0.25, 0.3) is 0 Å². The van der Waals surface area contributed by atoms with Crippen molar-refractivity contribution in [3.63, 3.8) is 0 Å². The van der Waals surface area contributed by atoms with Crippen LogP contribution in [0.3, 0.4) is 0 Å². The second-order valence-electron chi connectivity index (χ2n) is 4.33. The first-order chi connectivity index (χ1) is 8.69. The van der Waals surface area contributed by atoms with Crippen LogP contribution in [0.2, 0.25) is 0 Å². The Bertz CT molecular complexity index is 454. The zero-order valence-corrected chi connectivity index (χ0v) is 10.5. The summed E-state index contributed by atoms with van der Waals surface area (Å²) in [5, 5.41) is 12.1. The molecule has 1 unspecified atom stereocenters. The highest BCUT2D eigenvalue weighted by molar-refractivity contribution is 5.46. The fourth-order valence-electron chi connectivity index (χ4n) is 1.67. The Hall–Kier alpha value is -1.93. The first-order valence-corrected chi connectivity index (χ1v) is 5.87. The molecule has 5 nitrogen and oxygen atoms in total. The van der Waals surface area contributed by atoms with Crippen LogP contribution in [-0.2, 0) is 0 Å². The number of hydrogen-bond donors (Lipinski definition) is 1. The Morgan fingerprint density at radius 2 is 2.17 bits per heavy atom. The molecule has 0 amide bonds. The van der Waals surface area contributed by atoms with Crippen LogP contribution >= 0.6 is 0 Å². The number of benzene rings is 1. The second-order valence-corrected chi connectivity index (χ2v) is 4.33. The summed E-state index contributed by atoms with van der Waals surface area (Å²) in [5.41, 5.74) is 0. The van der Waals surface area contributed by atoms with E-state index in [2.05, 4.69) is 11.4 Å². The molecule has 0 aromatic heterocycles. The largest absolute Gasteiger partial charge is 0.491 e. The molecule has 0 spiro atoms. The van der Waals surface area contributed by atoms with Gasteiger partial charge in [0, 0.05) is 12.1 Å². The summed E-state index contributed by atoms with van der Waals surface area (Å²) in [6.45, 7) is 4.53. The van der Waals surface area contributed by atoms with Crippen molar-refractivity contribution in [3.05, 3.63) is 18.2 Å². The highest BCUT2D eigenvalue weighted by Gasteiger charge is 2.15. The van der Waals surface area contributed by atoms with E-state index in [-0.39, 0.29) is 18.9 Å². The van der Waals surface area contributed by atoms with Crippen molar-refractivity contribution < 1.29 is 14.2 Å². The molecule has 5 heteroatoms. The lowest BCUT2D eigenvalue weighted by molar-refractivity contribution is 0.173. The van der Waals surface area contributed by atoms with Crippen molar-refractivity contribution in [3.8, 4) is 23.3 Å². The van der Waals surface area contributed by atoms with Gasteiger partial charge >= 0.3 is 0 Å². The van der Waals surface area contributed by atoms with Gasteiger partial charge < -0.3 is 14.2 Å². The van der Waals surface area contributed by atoms with Gasteiger partial charge in [0.1, 0.15) is 18.4 Å². The Morgan fingerprint density at radius 1 is 1.39 bits per heavy atom. The molecule has 0 radical (unpaired) electrons. The van der Waals surface area contributed by atoms with Crippen LogP contribution in [0, 0.1) is 11.3 Å². The van der Waals surface area contributed by atoms with Gasteiger partial charge in [-0.25, -0.2) is 0 Å². The summed E-state index contributed by atoms with van der Waals surface area (Å²) in [4.78, 5) is 0. The summed E-state index contributed by atoms with van der Waals surface area (Å²) in [6.07, 6.45) is 0. The molecule has 1 aliphatic rings. The molecule has 0 fully saturated rings. The Labute approximate surface area is 106 Å². The van der Waals surface area contributed by atoms with Crippen molar-refractivity contribution in [1.82, 2.24) is 5.32 Å². The minimum Gasteiger partial charge on any atom is -0.491 e. The number of fused-ring (bicyclic) bond motifs is 1. The molecule has 1 aliphatic heterocycles. The minimum atomic E-state index is -0.324. The van der Waals surface area contributed by atoms with Gasteiger partial charge in [-0.2, -0.15) is 5.26 Å². The summed E-state index contributed by atoms with van der Waals surface area (Å²) in [7, 11) is 0. The topological polar surface area (TPSA) is 63.5 Å². The van der Waals surface area contributed by atoms with Gasteiger partial charge in [0.05, 0.1) is 6.07 Å². The third kappa shape index (κ3) is 3.05. The van der Waals surface area contributed by atoms with E-state index in [1.807, 2.05) is 13.8 Å². The quantitative estimate of drug-likeness (QED) is 0.859. The fraction of sp³-hybridized carbons (Fsp3) is 0.462. The number of hydrogen-bond acceptors (Lipinski definition) is 5. The zero-order chi connectivity index (χ0) is 13.0. The number of rotatable bonds is 5. The Kier molecular flexibility index (Phi) is 3.90. The molecule has 2 rings (SSSR count). The highest BCUT2D eigenvalue weighted by atomic mass is 16.7. The van der Waals surface area contributed by atoms with Crippen molar-refractivity contribution >= 4 is 0 Å². The third-order valence-corrected chi connectivity index (χ3v) is 2.45. The van der Waals surface area contributed by atoms with Crippen LogP contribution in [0.1, 0.15) is 13.8 Å². The average molecular weight is 248 g/mol. The molecule has 0 saturated heterocycles. The maximum absolute atomic E-state index is 8.97. The monoisotopic (exact) mass is 248 g/mol. The lowest BCUT2D eigenvalue weighted by atomic mass is 10.3.